The maximum atomic E-state index is 12.0. The van der Waals surface area contributed by atoms with Gasteiger partial charge >= 0.3 is 0 Å². The van der Waals surface area contributed by atoms with Crippen molar-refractivity contribution in [2.45, 2.75) is 40.2 Å². The molecule has 0 saturated heterocycles. The van der Waals surface area contributed by atoms with Crippen molar-refractivity contribution in [2.24, 2.45) is 5.92 Å². The highest BCUT2D eigenvalue weighted by atomic mass is 16.5. The van der Waals surface area contributed by atoms with Crippen LogP contribution in [-0.2, 0) is 4.79 Å². The summed E-state index contributed by atoms with van der Waals surface area (Å²) in [5.41, 5.74) is -0.293. The summed E-state index contributed by atoms with van der Waals surface area (Å²) in [5.74, 6) is 0.568. The lowest BCUT2D eigenvalue weighted by Gasteiger charge is -2.34. The average Bonchev–Trinajstić information content (AvgIpc) is 2.54. The van der Waals surface area contributed by atoms with Gasteiger partial charge in [-0.1, -0.05) is 19.0 Å². The lowest BCUT2D eigenvalue weighted by atomic mass is 10.0. The van der Waals surface area contributed by atoms with Crippen molar-refractivity contribution in [1.82, 2.24) is 5.16 Å². The molecule has 0 spiro atoms. The van der Waals surface area contributed by atoms with Crippen molar-refractivity contribution in [3.05, 3.63) is 12.3 Å². The Hall–Kier alpha value is -1.32. The van der Waals surface area contributed by atoms with Gasteiger partial charge < -0.3 is 4.52 Å². The molecule has 0 aliphatic heterocycles. The van der Waals surface area contributed by atoms with E-state index in [4.69, 9.17) is 4.52 Å². The lowest BCUT2D eigenvalue weighted by Crippen LogP contribution is -2.48. The molecule has 0 aromatic carbocycles. The molecular weight excluding hydrogens is 192 g/mol. The van der Waals surface area contributed by atoms with E-state index in [0.717, 1.165) is 0 Å². The molecule has 1 rings (SSSR count). The Kier molecular flexibility index (Phi) is 3.17. The predicted octanol–water partition coefficient (Wildman–Crippen LogP) is 2.46. The van der Waals surface area contributed by atoms with Crippen LogP contribution in [0.15, 0.2) is 16.9 Å². The van der Waals surface area contributed by atoms with Gasteiger partial charge in [-0.25, -0.2) is 0 Å². The molecule has 0 N–H and O–H groups in total. The van der Waals surface area contributed by atoms with Crippen LogP contribution in [-0.4, -0.2) is 16.6 Å². The number of carbonyl (C=O) groups excluding carboxylic acids is 1. The quantitative estimate of drug-likeness (QED) is 0.753. The van der Waals surface area contributed by atoms with E-state index < -0.39 is 0 Å². The molecule has 15 heavy (non-hydrogen) atoms. The molecule has 0 atom stereocenters. The van der Waals surface area contributed by atoms with Gasteiger partial charge in [-0.3, -0.25) is 9.69 Å². The Labute approximate surface area is 90.2 Å². The van der Waals surface area contributed by atoms with Gasteiger partial charge in [0.25, 0.3) is 0 Å². The maximum Gasteiger partial charge on any atom is 0.231 e. The second-order valence-electron chi connectivity index (χ2n) is 4.86. The first-order chi connectivity index (χ1) is 6.84. The number of amides is 1. The molecule has 4 heteroatoms. The highest BCUT2D eigenvalue weighted by Gasteiger charge is 2.31. The van der Waals surface area contributed by atoms with Gasteiger partial charge in [0, 0.05) is 17.5 Å². The number of aromatic nitrogens is 1. The highest BCUT2D eigenvalue weighted by molar-refractivity contribution is 5.94. The van der Waals surface area contributed by atoms with Gasteiger partial charge in [0.2, 0.25) is 5.91 Å². The number of hydrogen-bond donors (Lipinski definition) is 0. The topological polar surface area (TPSA) is 46.3 Å². The number of carbonyl (C=O) groups is 1. The number of anilines is 1. The molecule has 0 saturated carbocycles. The summed E-state index contributed by atoms with van der Waals surface area (Å²) >= 11 is 0. The zero-order chi connectivity index (χ0) is 11.6. The third kappa shape index (κ3) is 2.58. The number of nitrogens with zero attached hydrogens (tertiary/aromatic N) is 2. The summed E-state index contributed by atoms with van der Waals surface area (Å²) in [6.07, 6.45) is 1.47. The summed E-state index contributed by atoms with van der Waals surface area (Å²) in [4.78, 5) is 13.7. The van der Waals surface area contributed by atoms with Crippen LogP contribution < -0.4 is 4.90 Å². The van der Waals surface area contributed by atoms with Crippen LogP contribution in [0.4, 0.5) is 5.82 Å². The van der Waals surface area contributed by atoms with Crippen molar-refractivity contribution in [1.29, 1.82) is 0 Å². The Balaban J connectivity index is 3.05. The van der Waals surface area contributed by atoms with Crippen LogP contribution in [0.1, 0.15) is 34.6 Å². The molecule has 1 aromatic heterocycles. The molecule has 84 valence electrons. The Morgan fingerprint density at radius 3 is 2.40 bits per heavy atom. The zero-order valence-electron chi connectivity index (χ0n) is 9.94. The van der Waals surface area contributed by atoms with Gasteiger partial charge in [-0.15, -0.1) is 0 Å². The van der Waals surface area contributed by atoms with Crippen molar-refractivity contribution < 1.29 is 9.32 Å². The molecule has 0 aliphatic rings. The first-order valence-corrected chi connectivity index (χ1v) is 5.08. The van der Waals surface area contributed by atoms with E-state index in [1.54, 1.807) is 11.0 Å². The van der Waals surface area contributed by atoms with Crippen LogP contribution in [0.25, 0.3) is 0 Å². The first kappa shape index (κ1) is 11.8. The summed E-state index contributed by atoms with van der Waals surface area (Å²) in [6, 6.07) is 1.70. The van der Waals surface area contributed by atoms with E-state index in [1.807, 2.05) is 34.6 Å². The lowest BCUT2D eigenvalue weighted by molar-refractivity contribution is -0.122. The standard InChI is InChI=1S/C11H18N2O2/c1-8(2)10(14)13(11(3,4)5)9-6-7-15-12-9/h6-8H,1-5H3. The summed E-state index contributed by atoms with van der Waals surface area (Å²) in [5, 5.41) is 3.82. The van der Waals surface area contributed by atoms with Crippen molar-refractivity contribution in [3.8, 4) is 0 Å². The Morgan fingerprint density at radius 2 is 2.07 bits per heavy atom. The van der Waals surface area contributed by atoms with Crippen LogP contribution in [0.5, 0.6) is 0 Å². The molecule has 0 radical (unpaired) electrons. The molecule has 1 aromatic rings. The smallest absolute Gasteiger partial charge is 0.231 e. The molecular formula is C11H18N2O2. The van der Waals surface area contributed by atoms with E-state index in [2.05, 4.69) is 5.16 Å². The molecule has 0 bridgehead atoms. The highest BCUT2D eigenvalue weighted by Crippen LogP contribution is 2.23. The fourth-order valence-corrected chi connectivity index (χ4v) is 1.37. The molecule has 0 fully saturated rings. The van der Waals surface area contributed by atoms with Crippen LogP contribution in [0, 0.1) is 5.92 Å². The van der Waals surface area contributed by atoms with Crippen LogP contribution in [0.2, 0.25) is 0 Å². The average molecular weight is 210 g/mol. The summed E-state index contributed by atoms with van der Waals surface area (Å²) < 4.78 is 4.78. The fraction of sp³-hybridized carbons (Fsp3) is 0.636. The van der Waals surface area contributed by atoms with E-state index >= 15 is 0 Å². The second kappa shape index (κ2) is 4.04. The molecule has 1 amide bonds. The third-order valence-electron chi connectivity index (χ3n) is 2.04. The molecule has 0 unspecified atom stereocenters. The van der Waals surface area contributed by atoms with E-state index in [-0.39, 0.29) is 17.4 Å². The van der Waals surface area contributed by atoms with Gasteiger partial charge in [0.15, 0.2) is 5.82 Å². The van der Waals surface area contributed by atoms with E-state index in [0.29, 0.717) is 5.82 Å². The Morgan fingerprint density at radius 1 is 1.47 bits per heavy atom. The first-order valence-electron chi connectivity index (χ1n) is 5.08. The molecule has 4 nitrogen and oxygen atoms in total. The summed E-state index contributed by atoms with van der Waals surface area (Å²) in [6.45, 7) is 9.67. The van der Waals surface area contributed by atoms with E-state index in [9.17, 15) is 4.79 Å². The van der Waals surface area contributed by atoms with Crippen LogP contribution in [0.3, 0.4) is 0 Å². The van der Waals surface area contributed by atoms with Gasteiger partial charge in [0.05, 0.1) is 0 Å². The monoisotopic (exact) mass is 210 g/mol. The van der Waals surface area contributed by atoms with Crippen molar-refractivity contribution in [2.75, 3.05) is 4.90 Å². The van der Waals surface area contributed by atoms with E-state index in [1.165, 1.54) is 6.26 Å². The van der Waals surface area contributed by atoms with Crippen LogP contribution >= 0.6 is 0 Å². The number of rotatable bonds is 2. The zero-order valence-corrected chi connectivity index (χ0v) is 9.94. The molecule has 0 aliphatic carbocycles. The summed E-state index contributed by atoms with van der Waals surface area (Å²) in [7, 11) is 0. The van der Waals surface area contributed by atoms with Crippen molar-refractivity contribution >= 4 is 11.7 Å². The Bertz CT molecular complexity index is 323. The van der Waals surface area contributed by atoms with Crippen molar-refractivity contribution in [3.63, 3.8) is 0 Å². The third-order valence-corrected chi connectivity index (χ3v) is 2.04. The minimum Gasteiger partial charge on any atom is -0.363 e. The van der Waals surface area contributed by atoms with Gasteiger partial charge in [-0.2, -0.15) is 0 Å². The minimum absolute atomic E-state index is 0.0522. The predicted molar refractivity (Wildman–Crippen MR) is 58.6 cm³/mol. The number of hydrogen-bond acceptors (Lipinski definition) is 3. The minimum atomic E-state index is -0.293. The SMILES string of the molecule is CC(C)C(=O)N(c1ccon1)C(C)(C)C. The van der Waals surface area contributed by atoms with Gasteiger partial charge in [0.1, 0.15) is 6.26 Å². The normalized spacial score (nSPS) is 11.9. The second-order valence-corrected chi connectivity index (χ2v) is 4.86. The maximum absolute atomic E-state index is 12.0. The largest absolute Gasteiger partial charge is 0.363 e. The molecule has 1 heterocycles. The fourth-order valence-electron chi connectivity index (χ4n) is 1.37. The van der Waals surface area contributed by atoms with Gasteiger partial charge in [-0.05, 0) is 20.8 Å².